The lowest BCUT2D eigenvalue weighted by Crippen LogP contribution is -2.35. The molecule has 1 saturated heterocycles. The molecule has 1 aliphatic rings. The minimum absolute atomic E-state index is 0.00659. The first-order valence-corrected chi connectivity index (χ1v) is 8.58. The molecule has 2 heterocycles. The van der Waals surface area contributed by atoms with Crippen molar-refractivity contribution in [1.29, 1.82) is 0 Å². The van der Waals surface area contributed by atoms with E-state index >= 15 is 0 Å². The zero-order chi connectivity index (χ0) is 15.7. The molecular formula is C15H16FN3O2S. The number of hydrogen-bond acceptors (Lipinski definition) is 4. The van der Waals surface area contributed by atoms with Crippen LogP contribution in [0.15, 0.2) is 24.5 Å². The summed E-state index contributed by atoms with van der Waals surface area (Å²) in [6, 6.07) is 2.67. The van der Waals surface area contributed by atoms with E-state index in [1.165, 1.54) is 24.5 Å². The zero-order valence-corrected chi connectivity index (χ0v) is 13.0. The Bertz CT molecular complexity index is 753. The molecule has 0 saturated carbocycles. The van der Waals surface area contributed by atoms with Crippen LogP contribution in [0.25, 0.3) is 11.0 Å². The summed E-state index contributed by atoms with van der Waals surface area (Å²) in [7, 11) is -0.919. The first-order chi connectivity index (χ1) is 10.5. The quantitative estimate of drug-likeness (QED) is 0.800. The lowest BCUT2D eigenvalue weighted by atomic mass is 10.1. The highest BCUT2D eigenvalue weighted by atomic mass is 32.2. The lowest BCUT2D eigenvalue weighted by molar-refractivity contribution is 0.0747. The van der Waals surface area contributed by atoms with Crippen molar-refractivity contribution in [3.05, 3.63) is 35.9 Å². The predicted molar refractivity (Wildman–Crippen MR) is 82.4 cm³/mol. The van der Waals surface area contributed by atoms with E-state index in [1.807, 2.05) is 6.92 Å². The van der Waals surface area contributed by atoms with Gasteiger partial charge in [0.1, 0.15) is 5.82 Å². The number of fused-ring (bicyclic) bond motifs is 1. The van der Waals surface area contributed by atoms with Gasteiger partial charge in [-0.1, -0.05) is 6.92 Å². The maximum Gasteiger partial charge on any atom is 0.256 e. The Labute approximate surface area is 130 Å². The molecule has 1 amide bonds. The number of halogens is 1. The molecule has 0 radical (unpaired) electrons. The molecule has 1 aliphatic heterocycles. The second-order valence-electron chi connectivity index (χ2n) is 5.54. The van der Waals surface area contributed by atoms with E-state index < -0.39 is 16.6 Å². The molecule has 7 heteroatoms. The summed E-state index contributed by atoms with van der Waals surface area (Å²) in [5, 5.41) is 0. The fraction of sp³-hybridized carbons (Fsp3) is 0.400. The Balaban J connectivity index is 1.94. The van der Waals surface area contributed by atoms with Crippen LogP contribution in [0.5, 0.6) is 0 Å². The molecule has 3 rings (SSSR count). The molecule has 1 fully saturated rings. The van der Waals surface area contributed by atoms with Crippen LogP contribution in [0, 0.1) is 11.7 Å². The van der Waals surface area contributed by atoms with Crippen LogP contribution in [0.2, 0.25) is 0 Å². The van der Waals surface area contributed by atoms with Gasteiger partial charge in [-0.3, -0.25) is 19.0 Å². The predicted octanol–water partition coefficient (Wildman–Crippen LogP) is 1.61. The average Bonchev–Trinajstić information content (AvgIpc) is 2.66. The van der Waals surface area contributed by atoms with Crippen molar-refractivity contribution in [2.45, 2.75) is 6.92 Å². The van der Waals surface area contributed by atoms with E-state index in [1.54, 1.807) is 4.90 Å². The smallest absolute Gasteiger partial charge is 0.256 e. The third-order valence-corrected chi connectivity index (χ3v) is 5.25. The Morgan fingerprint density at radius 2 is 2.00 bits per heavy atom. The van der Waals surface area contributed by atoms with Gasteiger partial charge in [-0.25, -0.2) is 4.39 Å². The van der Waals surface area contributed by atoms with Crippen LogP contribution in [-0.2, 0) is 10.8 Å². The SMILES string of the molecule is C[C@@H]1CN(C(=O)c2cc3nccnc3cc2F)CC[S@@](=O)C1. The molecule has 0 unspecified atom stereocenters. The van der Waals surface area contributed by atoms with Gasteiger partial charge in [-0.05, 0) is 12.0 Å². The first-order valence-electron chi connectivity index (χ1n) is 7.09. The van der Waals surface area contributed by atoms with E-state index in [4.69, 9.17) is 0 Å². The number of carbonyl (C=O) groups excluding carboxylic acids is 1. The molecule has 0 bridgehead atoms. The molecular weight excluding hydrogens is 305 g/mol. The second-order valence-corrected chi connectivity index (χ2v) is 7.17. The molecule has 1 aromatic heterocycles. The summed E-state index contributed by atoms with van der Waals surface area (Å²) in [4.78, 5) is 22.3. The first kappa shape index (κ1) is 15.0. The van der Waals surface area contributed by atoms with Crippen molar-refractivity contribution in [3.63, 3.8) is 0 Å². The van der Waals surface area contributed by atoms with Crippen LogP contribution in [0.3, 0.4) is 0 Å². The number of rotatable bonds is 1. The highest BCUT2D eigenvalue weighted by Gasteiger charge is 2.25. The standard InChI is InChI=1S/C15H16FN3O2S/c1-10-8-19(4-5-22(21)9-10)15(20)11-6-13-14(7-12(11)16)18-3-2-17-13/h2-3,6-7,10H,4-5,8-9H2,1H3/t10-,22-/m1/s1. The molecule has 0 aliphatic carbocycles. The number of benzene rings is 1. The van der Waals surface area contributed by atoms with E-state index in [-0.39, 0.29) is 17.4 Å². The number of aromatic nitrogens is 2. The van der Waals surface area contributed by atoms with Crippen molar-refractivity contribution in [1.82, 2.24) is 14.9 Å². The Morgan fingerprint density at radius 3 is 2.73 bits per heavy atom. The summed E-state index contributed by atoms with van der Waals surface area (Å²) < 4.78 is 25.9. The summed E-state index contributed by atoms with van der Waals surface area (Å²) in [6.45, 7) is 2.82. The van der Waals surface area contributed by atoms with Gasteiger partial charge in [-0.15, -0.1) is 0 Å². The topological polar surface area (TPSA) is 63.2 Å². The molecule has 5 nitrogen and oxygen atoms in total. The third-order valence-electron chi connectivity index (χ3n) is 3.67. The fourth-order valence-electron chi connectivity index (χ4n) is 2.64. The Morgan fingerprint density at radius 1 is 1.32 bits per heavy atom. The highest BCUT2D eigenvalue weighted by Crippen LogP contribution is 2.19. The van der Waals surface area contributed by atoms with Gasteiger partial charge >= 0.3 is 0 Å². The Hall–Kier alpha value is -1.89. The van der Waals surface area contributed by atoms with Crippen LogP contribution in [0.4, 0.5) is 4.39 Å². The number of nitrogens with zero attached hydrogens (tertiary/aromatic N) is 3. The van der Waals surface area contributed by atoms with Crippen molar-refractivity contribution < 1.29 is 13.4 Å². The molecule has 0 spiro atoms. The van der Waals surface area contributed by atoms with Gasteiger partial charge in [0.15, 0.2) is 0 Å². The van der Waals surface area contributed by atoms with Crippen LogP contribution in [0.1, 0.15) is 17.3 Å². The van der Waals surface area contributed by atoms with Crippen LogP contribution in [-0.4, -0.2) is 49.6 Å². The average molecular weight is 321 g/mol. The Kier molecular flexibility index (Phi) is 4.15. The highest BCUT2D eigenvalue weighted by molar-refractivity contribution is 7.85. The van der Waals surface area contributed by atoms with Crippen LogP contribution >= 0.6 is 0 Å². The number of amides is 1. The largest absolute Gasteiger partial charge is 0.337 e. The van der Waals surface area contributed by atoms with Crippen molar-refractivity contribution in [2.75, 3.05) is 24.6 Å². The normalized spacial score (nSPS) is 22.5. The minimum atomic E-state index is -0.919. The minimum Gasteiger partial charge on any atom is -0.337 e. The van der Waals surface area contributed by atoms with Crippen molar-refractivity contribution in [2.24, 2.45) is 5.92 Å². The van der Waals surface area contributed by atoms with E-state index in [9.17, 15) is 13.4 Å². The van der Waals surface area contributed by atoms with Gasteiger partial charge in [-0.2, -0.15) is 0 Å². The lowest BCUT2D eigenvalue weighted by Gasteiger charge is -2.22. The fourth-order valence-corrected chi connectivity index (χ4v) is 3.97. The van der Waals surface area contributed by atoms with Crippen molar-refractivity contribution in [3.8, 4) is 0 Å². The summed E-state index contributed by atoms with van der Waals surface area (Å²) in [6.07, 6.45) is 2.99. The van der Waals surface area contributed by atoms with Crippen LogP contribution < -0.4 is 0 Å². The van der Waals surface area contributed by atoms with E-state index in [2.05, 4.69) is 9.97 Å². The molecule has 116 valence electrons. The van der Waals surface area contributed by atoms with Gasteiger partial charge < -0.3 is 4.90 Å². The zero-order valence-electron chi connectivity index (χ0n) is 12.2. The second kappa shape index (κ2) is 6.08. The molecule has 2 aromatic rings. The third kappa shape index (κ3) is 2.99. The molecule has 1 aromatic carbocycles. The molecule has 0 N–H and O–H groups in total. The monoisotopic (exact) mass is 321 g/mol. The number of hydrogen-bond donors (Lipinski definition) is 0. The maximum atomic E-state index is 14.2. The summed E-state index contributed by atoms with van der Waals surface area (Å²) in [5.41, 5.74) is 0.897. The van der Waals surface area contributed by atoms with E-state index in [0.717, 1.165) is 0 Å². The van der Waals surface area contributed by atoms with Gasteiger partial charge in [0.2, 0.25) is 0 Å². The van der Waals surface area contributed by atoms with Gasteiger partial charge in [0.25, 0.3) is 5.91 Å². The summed E-state index contributed by atoms with van der Waals surface area (Å²) in [5.74, 6) is 0.169. The van der Waals surface area contributed by atoms with Crippen molar-refractivity contribution >= 4 is 27.7 Å². The summed E-state index contributed by atoms with van der Waals surface area (Å²) >= 11 is 0. The number of carbonyl (C=O) groups is 1. The van der Waals surface area contributed by atoms with Gasteiger partial charge in [0, 0.05) is 53.9 Å². The van der Waals surface area contributed by atoms with E-state index in [0.29, 0.717) is 35.6 Å². The van der Waals surface area contributed by atoms with Gasteiger partial charge in [0.05, 0.1) is 16.6 Å². The maximum absolute atomic E-state index is 14.2. The molecule has 22 heavy (non-hydrogen) atoms. The molecule has 2 atom stereocenters.